The van der Waals surface area contributed by atoms with E-state index in [2.05, 4.69) is 5.32 Å². The molecule has 0 unspecified atom stereocenters. The van der Waals surface area contributed by atoms with Crippen LogP contribution < -0.4 is 5.32 Å². The normalized spacial score (nSPS) is 10.3. The van der Waals surface area contributed by atoms with Crippen LogP contribution in [0.25, 0.3) is 0 Å². The first-order valence-corrected chi connectivity index (χ1v) is 8.83. The lowest BCUT2D eigenvalue weighted by atomic mass is 10.1. The van der Waals surface area contributed by atoms with Crippen LogP contribution in [0.2, 0.25) is 5.02 Å². The number of amides is 2. The van der Waals surface area contributed by atoms with E-state index in [-0.39, 0.29) is 23.0 Å². The van der Waals surface area contributed by atoms with Gasteiger partial charge in [-0.2, -0.15) is 0 Å². The Morgan fingerprint density at radius 2 is 1.82 bits per heavy atom. The molecule has 0 aliphatic carbocycles. The number of nitrogens with one attached hydrogen (secondary N) is 1. The molecule has 0 aliphatic heterocycles. The Kier molecular flexibility index (Phi) is 7.52. The summed E-state index contributed by atoms with van der Waals surface area (Å²) in [4.78, 5) is 37.0. The van der Waals surface area contributed by atoms with Crippen molar-refractivity contribution in [1.29, 1.82) is 0 Å². The smallest absolute Gasteiger partial charge is 0.310 e. The number of esters is 1. The molecule has 0 saturated carbocycles. The molecule has 0 saturated heterocycles. The topological polar surface area (TPSA) is 75.7 Å². The number of aryl methyl sites for hydroxylation is 1. The molecule has 0 bridgehead atoms. The van der Waals surface area contributed by atoms with Crippen LogP contribution in [0.15, 0.2) is 42.5 Å². The molecular weight excluding hydrogens is 387 g/mol. The van der Waals surface area contributed by atoms with Crippen molar-refractivity contribution in [2.24, 2.45) is 0 Å². The summed E-state index contributed by atoms with van der Waals surface area (Å²) < 4.78 is 18.5. The number of halogens is 2. The third-order valence-corrected chi connectivity index (χ3v) is 4.24. The van der Waals surface area contributed by atoms with Crippen LogP contribution in [0, 0.1) is 12.7 Å². The molecule has 148 valence electrons. The lowest BCUT2D eigenvalue weighted by Crippen LogP contribution is -2.37. The van der Waals surface area contributed by atoms with E-state index < -0.39 is 30.7 Å². The van der Waals surface area contributed by atoms with Gasteiger partial charge in [0.1, 0.15) is 5.82 Å². The van der Waals surface area contributed by atoms with Crippen molar-refractivity contribution in [2.45, 2.75) is 13.3 Å². The number of anilines is 1. The molecule has 28 heavy (non-hydrogen) atoms. The van der Waals surface area contributed by atoms with Crippen LogP contribution >= 0.6 is 11.6 Å². The molecule has 1 N–H and O–H groups in total. The maximum atomic E-state index is 13.7. The lowest BCUT2D eigenvalue weighted by molar-refractivity contribution is -0.151. The number of hydrogen-bond acceptors (Lipinski definition) is 4. The van der Waals surface area contributed by atoms with E-state index in [4.69, 9.17) is 16.3 Å². The van der Waals surface area contributed by atoms with Gasteiger partial charge in [0.15, 0.2) is 6.61 Å². The highest BCUT2D eigenvalue weighted by molar-refractivity contribution is 6.31. The molecule has 0 aromatic heterocycles. The van der Waals surface area contributed by atoms with Crippen LogP contribution in [0.1, 0.15) is 11.1 Å². The highest BCUT2D eigenvalue weighted by atomic mass is 35.5. The van der Waals surface area contributed by atoms with Gasteiger partial charge in [0, 0.05) is 23.3 Å². The summed E-state index contributed by atoms with van der Waals surface area (Å²) in [5.41, 5.74) is 1.68. The molecule has 2 amide bonds. The minimum atomic E-state index is -0.794. The van der Waals surface area contributed by atoms with Gasteiger partial charge < -0.3 is 15.0 Å². The zero-order valence-electron chi connectivity index (χ0n) is 15.5. The lowest BCUT2D eigenvalue weighted by Gasteiger charge is -2.17. The molecule has 2 rings (SSSR count). The van der Waals surface area contributed by atoms with E-state index in [0.29, 0.717) is 5.69 Å². The van der Waals surface area contributed by atoms with E-state index in [1.165, 1.54) is 25.2 Å². The summed E-state index contributed by atoms with van der Waals surface area (Å²) in [5, 5.41) is 2.77. The van der Waals surface area contributed by atoms with Crippen molar-refractivity contribution in [3.05, 3.63) is 64.4 Å². The average molecular weight is 407 g/mol. The van der Waals surface area contributed by atoms with Crippen molar-refractivity contribution in [1.82, 2.24) is 4.90 Å². The summed E-state index contributed by atoms with van der Waals surface area (Å²) >= 11 is 5.85. The molecule has 0 fully saturated rings. The van der Waals surface area contributed by atoms with E-state index in [1.54, 1.807) is 12.1 Å². The van der Waals surface area contributed by atoms with Crippen LogP contribution in [0.3, 0.4) is 0 Å². The number of ether oxygens (including phenoxy) is 1. The number of nitrogens with zero attached hydrogens (tertiary/aromatic N) is 1. The van der Waals surface area contributed by atoms with Crippen LogP contribution in [-0.2, 0) is 25.5 Å². The van der Waals surface area contributed by atoms with Gasteiger partial charge in [-0.1, -0.05) is 35.4 Å². The monoisotopic (exact) mass is 406 g/mol. The molecule has 0 radical (unpaired) electrons. The highest BCUT2D eigenvalue weighted by Crippen LogP contribution is 2.19. The molecule has 0 heterocycles. The Labute approximate surface area is 167 Å². The van der Waals surface area contributed by atoms with Gasteiger partial charge in [-0.15, -0.1) is 0 Å². The van der Waals surface area contributed by atoms with Crippen LogP contribution in [0.5, 0.6) is 0 Å². The number of carbonyl (C=O) groups is 3. The molecule has 0 atom stereocenters. The fourth-order valence-electron chi connectivity index (χ4n) is 2.29. The Balaban J connectivity index is 1.79. The van der Waals surface area contributed by atoms with E-state index in [9.17, 15) is 18.8 Å². The second-order valence-corrected chi connectivity index (χ2v) is 6.61. The van der Waals surface area contributed by atoms with Crippen LogP contribution in [-0.4, -0.2) is 42.9 Å². The van der Waals surface area contributed by atoms with Crippen molar-refractivity contribution >= 4 is 35.1 Å². The summed E-state index contributed by atoms with van der Waals surface area (Å²) in [7, 11) is 1.42. The number of hydrogen-bond donors (Lipinski definition) is 1. The van der Waals surface area contributed by atoms with Gasteiger partial charge in [0.25, 0.3) is 5.91 Å². The average Bonchev–Trinajstić information content (AvgIpc) is 2.64. The van der Waals surface area contributed by atoms with Crippen molar-refractivity contribution in [3.63, 3.8) is 0 Å². The van der Waals surface area contributed by atoms with E-state index in [1.807, 2.05) is 19.1 Å². The Hall–Kier alpha value is -2.93. The fourth-order valence-corrected chi connectivity index (χ4v) is 2.52. The first-order valence-electron chi connectivity index (χ1n) is 8.45. The standard InChI is InChI=1S/C20H20ClFN2O4/c1-13-6-8-14(9-7-13)23-18(25)11-24(2)19(26)12-28-20(27)10-15-16(21)4-3-5-17(15)22/h3-9H,10-12H2,1-2H3,(H,23,25). The number of likely N-dealkylation sites (N-methyl/N-ethyl adjacent to an activating group) is 1. The number of carbonyl (C=O) groups excluding carboxylic acids is 3. The first kappa shape index (κ1) is 21.4. The third kappa shape index (κ3) is 6.35. The quantitative estimate of drug-likeness (QED) is 0.717. The molecular formula is C20H20ClFN2O4. The minimum absolute atomic E-state index is 0.00689. The van der Waals surface area contributed by atoms with Gasteiger partial charge in [-0.25, -0.2) is 4.39 Å². The molecule has 8 heteroatoms. The van der Waals surface area contributed by atoms with Crippen molar-refractivity contribution in [2.75, 3.05) is 25.5 Å². The Morgan fingerprint density at radius 3 is 2.46 bits per heavy atom. The predicted molar refractivity (Wildman–Crippen MR) is 104 cm³/mol. The predicted octanol–water partition coefficient (Wildman–Crippen LogP) is 2.97. The maximum Gasteiger partial charge on any atom is 0.310 e. The van der Waals surface area contributed by atoms with Gasteiger partial charge >= 0.3 is 5.97 Å². The zero-order chi connectivity index (χ0) is 20.7. The number of benzene rings is 2. The summed E-state index contributed by atoms with van der Waals surface area (Å²) in [6.07, 6.45) is -0.392. The molecule has 2 aromatic carbocycles. The first-order chi connectivity index (χ1) is 13.3. The maximum absolute atomic E-state index is 13.7. The summed E-state index contributed by atoms with van der Waals surface area (Å²) in [6.45, 7) is 1.17. The molecule has 2 aromatic rings. The van der Waals surface area contributed by atoms with E-state index in [0.717, 1.165) is 10.5 Å². The zero-order valence-corrected chi connectivity index (χ0v) is 16.3. The van der Waals surface area contributed by atoms with Crippen LogP contribution in [0.4, 0.5) is 10.1 Å². The van der Waals surface area contributed by atoms with Crippen molar-refractivity contribution < 1.29 is 23.5 Å². The molecule has 0 spiro atoms. The Bertz CT molecular complexity index is 851. The van der Waals surface area contributed by atoms with Gasteiger partial charge in [-0.3, -0.25) is 14.4 Å². The number of rotatable bonds is 7. The second-order valence-electron chi connectivity index (χ2n) is 6.20. The highest BCUT2D eigenvalue weighted by Gasteiger charge is 2.17. The summed E-state index contributed by atoms with van der Waals surface area (Å²) in [5.74, 6) is -2.37. The molecule has 0 aliphatic rings. The summed E-state index contributed by atoms with van der Waals surface area (Å²) in [6, 6.07) is 11.3. The van der Waals surface area contributed by atoms with Crippen molar-refractivity contribution in [3.8, 4) is 0 Å². The Morgan fingerprint density at radius 1 is 1.14 bits per heavy atom. The third-order valence-electron chi connectivity index (χ3n) is 3.88. The van der Waals surface area contributed by atoms with Gasteiger partial charge in [0.2, 0.25) is 5.91 Å². The second kappa shape index (κ2) is 9.85. The fraction of sp³-hybridized carbons (Fsp3) is 0.250. The van der Waals surface area contributed by atoms with E-state index >= 15 is 0 Å². The van der Waals surface area contributed by atoms with Gasteiger partial charge in [-0.05, 0) is 31.2 Å². The molecule has 6 nitrogen and oxygen atoms in total. The van der Waals surface area contributed by atoms with Gasteiger partial charge in [0.05, 0.1) is 13.0 Å². The SMILES string of the molecule is Cc1ccc(NC(=O)CN(C)C(=O)COC(=O)Cc2c(F)cccc2Cl)cc1. The largest absolute Gasteiger partial charge is 0.455 e. The minimum Gasteiger partial charge on any atom is -0.455 e.